The van der Waals surface area contributed by atoms with Gasteiger partial charge in [0, 0.05) is 12.4 Å². The smallest absolute Gasteiger partial charge is 0.269 e. The van der Waals surface area contributed by atoms with Gasteiger partial charge in [0.25, 0.3) is 5.17 Å². The Labute approximate surface area is 163 Å². The van der Waals surface area contributed by atoms with Crippen LogP contribution in [0.15, 0.2) is 49.1 Å². The Hall–Kier alpha value is -1.84. The molecule has 2 aliphatic rings. The maximum Gasteiger partial charge on any atom is 0.269 e. The fraction of sp³-hybridized carbons (Fsp3) is 0.474. The molecule has 2 fully saturated rings. The fourth-order valence-corrected chi connectivity index (χ4v) is 3.49. The van der Waals surface area contributed by atoms with Crippen LogP contribution in [0.25, 0.3) is 0 Å². The van der Waals surface area contributed by atoms with Crippen LogP contribution in [0.5, 0.6) is 0 Å². The van der Waals surface area contributed by atoms with Gasteiger partial charge in [0.05, 0.1) is 13.2 Å². The van der Waals surface area contributed by atoms with Crippen molar-refractivity contribution < 1.29 is 23.7 Å². The first kappa shape index (κ1) is 18.5. The molecule has 0 amide bonds. The Balaban J connectivity index is 1.50. The van der Waals surface area contributed by atoms with Crippen LogP contribution in [0.4, 0.5) is 0 Å². The number of benzene rings is 1. The number of hydrogen-bond acceptors (Lipinski definition) is 7. The molecule has 27 heavy (non-hydrogen) atoms. The summed E-state index contributed by atoms with van der Waals surface area (Å²) in [7, 11) is 0. The molecule has 7 nitrogen and oxygen atoms in total. The van der Waals surface area contributed by atoms with Crippen LogP contribution in [-0.4, -0.2) is 51.7 Å². The van der Waals surface area contributed by atoms with Gasteiger partial charge in [0.1, 0.15) is 18.5 Å². The van der Waals surface area contributed by atoms with Crippen LogP contribution in [0.1, 0.15) is 19.4 Å². The summed E-state index contributed by atoms with van der Waals surface area (Å²) in [6.45, 7) is 4.50. The molecular weight excluding hydrogens is 368 g/mol. The van der Waals surface area contributed by atoms with Crippen molar-refractivity contribution in [3.63, 3.8) is 0 Å². The quantitative estimate of drug-likeness (QED) is 0.743. The first-order valence-electron chi connectivity index (χ1n) is 8.83. The number of nitrogens with zero attached hydrogens (tertiary/aromatic N) is 2. The normalized spacial score (nSPS) is 29.3. The number of ether oxygens (including phenoxy) is 5. The van der Waals surface area contributed by atoms with E-state index in [2.05, 4.69) is 4.98 Å². The summed E-state index contributed by atoms with van der Waals surface area (Å²) in [6, 6.07) is 9.89. The number of hydrogen-bond donors (Lipinski definition) is 0. The summed E-state index contributed by atoms with van der Waals surface area (Å²) >= 11 is 5.40. The molecule has 0 spiro atoms. The Kier molecular flexibility index (Phi) is 5.25. The largest absolute Gasteiger partial charge is 0.459 e. The zero-order chi connectivity index (χ0) is 18.9. The van der Waals surface area contributed by atoms with E-state index >= 15 is 0 Å². The summed E-state index contributed by atoms with van der Waals surface area (Å²) in [5.74, 6) is -0.717. The van der Waals surface area contributed by atoms with Crippen molar-refractivity contribution in [2.45, 2.75) is 50.8 Å². The number of fused-ring (bicyclic) bond motifs is 1. The lowest BCUT2D eigenvalue weighted by Crippen LogP contribution is -2.54. The average molecular weight is 390 g/mol. The van der Waals surface area contributed by atoms with Crippen molar-refractivity contribution in [1.29, 1.82) is 0 Å². The zero-order valence-corrected chi connectivity index (χ0v) is 16.0. The van der Waals surface area contributed by atoms with Crippen molar-refractivity contribution in [3.8, 4) is 0 Å². The van der Waals surface area contributed by atoms with Crippen LogP contribution in [0.3, 0.4) is 0 Å². The van der Waals surface area contributed by atoms with E-state index in [9.17, 15) is 0 Å². The summed E-state index contributed by atoms with van der Waals surface area (Å²) in [5.41, 5.74) is 1.04. The number of rotatable bonds is 4. The van der Waals surface area contributed by atoms with Crippen LogP contribution in [0.2, 0.25) is 0 Å². The average Bonchev–Trinajstić information content (AvgIpc) is 3.28. The number of imidazole rings is 1. The number of aromatic nitrogens is 2. The van der Waals surface area contributed by atoms with Gasteiger partial charge in [-0.05, 0) is 31.6 Å². The lowest BCUT2D eigenvalue weighted by Gasteiger charge is -2.37. The van der Waals surface area contributed by atoms with Crippen LogP contribution in [0, 0.1) is 0 Å². The van der Waals surface area contributed by atoms with Gasteiger partial charge in [-0.2, -0.15) is 0 Å². The van der Waals surface area contributed by atoms with Gasteiger partial charge in [-0.15, -0.1) is 0 Å². The second-order valence-electron chi connectivity index (χ2n) is 6.96. The highest BCUT2D eigenvalue weighted by Gasteiger charge is 2.53. The molecular formula is C19H22N2O5S. The SMILES string of the molecule is CC1(C)O[C@@H]2[C@@H](OC(=S)n3ccnc3)[C@@H](OCc3ccccc3)OC[C@@H]2O1. The van der Waals surface area contributed by atoms with Crippen LogP contribution < -0.4 is 0 Å². The molecule has 144 valence electrons. The van der Waals surface area contributed by atoms with Gasteiger partial charge in [-0.25, -0.2) is 4.98 Å². The Morgan fingerprint density at radius 2 is 2.11 bits per heavy atom. The Morgan fingerprint density at radius 1 is 1.30 bits per heavy atom. The van der Waals surface area contributed by atoms with Gasteiger partial charge in [-0.1, -0.05) is 30.3 Å². The molecule has 2 aromatic rings. The summed E-state index contributed by atoms with van der Waals surface area (Å²) < 4.78 is 31.6. The van der Waals surface area contributed by atoms with E-state index in [1.165, 1.54) is 0 Å². The van der Waals surface area contributed by atoms with Crippen LogP contribution in [-0.2, 0) is 30.3 Å². The minimum Gasteiger partial charge on any atom is -0.459 e. The molecule has 0 aliphatic carbocycles. The predicted octanol–water partition coefficient (Wildman–Crippen LogP) is 2.49. The van der Waals surface area contributed by atoms with Gasteiger partial charge >= 0.3 is 0 Å². The molecule has 4 atom stereocenters. The van der Waals surface area contributed by atoms with Crippen LogP contribution >= 0.6 is 12.2 Å². The topological polar surface area (TPSA) is 64.0 Å². The van der Waals surface area contributed by atoms with Gasteiger partial charge in [0.2, 0.25) is 0 Å². The van der Waals surface area contributed by atoms with E-state index in [0.717, 1.165) is 5.56 Å². The molecule has 8 heteroatoms. The van der Waals surface area contributed by atoms with E-state index in [1.54, 1.807) is 23.3 Å². The molecule has 0 unspecified atom stereocenters. The standard InChI is InChI=1S/C19H22N2O5S/c1-19(2)25-14-11-23-17(22-10-13-6-4-3-5-7-13)16(15(14)26-19)24-18(27)21-9-8-20-12-21/h3-9,12,14-17H,10-11H2,1-2H3/t14-,15-,16+,17-/m0/s1. The summed E-state index contributed by atoms with van der Waals surface area (Å²) in [4.78, 5) is 4.00. The van der Waals surface area contributed by atoms with Crippen molar-refractivity contribution in [2.24, 2.45) is 0 Å². The molecule has 3 heterocycles. The highest BCUT2D eigenvalue weighted by atomic mass is 32.1. The molecule has 2 saturated heterocycles. The second-order valence-corrected chi connectivity index (χ2v) is 7.30. The van der Waals surface area contributed by atoms with E-state index in [4.69, 9.17) is 35.9 Å². The first-order valence-corrected chi connectivity index (χ1v) is 9.24. The van der Waals surface area contributed by atoms with E-state index in [-0.39, 0.29) is 17.4 Å². The molecule has 0 N–H and O–H groups in total. The molecule has 1 aromatic carbocycles. The van der Waals surface area contributed by atoms with Gasteiger partial charge < -0.3 is 23.7 Å². The summed E-state index contributed by atoms with van der Waals surface area (Å²) in [6.07, 6.45) is 3.15. The van der Waals surface area contributed by atoms with Gasteiger partial charge in [0.15, 0.2) is 18.2 Å². The van der Waals surface area contributed by atoms with Gasteiger partial charge in [-0.3, -0.25) is 4.57 Å². The molecule has 0 bridgehead atoms. The minimum absolute atomic E-state index is 0.243. The van der Waals surface area contributed by atoms with Crippen molar-refractivity contribution in [1.82, 2.24) is 9.55 Å². The first-order chi connectivity index (χ1) is 13.0. The predicted molar refractivity (Wildman–Crippen MR) is 99.9 cm³/mol. The molecule has 0 saturated carbocycles. The maximum absolute atomic E-state index is 6.07. The lowest BCUT2D eigenvalue weighted by atomic mass is 10.1. The molecule has 0 radical (unpaired) electrons. The third kappa shape index (κ3) is 4.20. The lowest BCUT2D eigenvalue weighted by molar-refractivity contribution is -0.251. The Bertz CT molecular complexity index is 768. The molecule has 1 aromatic heterocycles. The zero-order valence-electron chi connectivity index (χ0n) is 15.2. The van der Waals surface area contributed by atoms with E-state index in [0.29, 0.717) is 13.2 Å². The third-order valence-corrected chi connectivity index (χ3v) is 4.75. The monoisotopic (exact) mass is 390 g/mol. The molecule has 4 rings (SSSR count). The highest BCUT2D eigenvalue weighted by molar-refractivity contribution is 7.80. The van der Waals surface area contributed by atoms with E-state index < -0.39 is 18.2 Å². The summed E-state index contributed by atoms with van der Waals surface area (Å²) in [5, 5.41) is 0.253. The number of thiocarbonyl (C=S) groups is 1. The maximum atomic E-state index is 6.07. The van der Waals surface area contributed by atoms with Crippen molar-refractivity contribution >= 4 is 17.4 Å². The van der Waals surface area contributed by atoms with E-state index in [1.807, 2.05) is 44.2 Å². The third-order valence-electron chi connectivity index (χ3n) is 4.45. The molecule has 2 aliphatic heterocycles. The minimum atomic E-state index is -0.717. The fourth-order valence-electron chi connectivity index (χ4n) is 3.27. The van der Waals surface area contributed by atoms with Crippen molar-refractivity contribution in [3.05, 3.63) is 54.6 Å². The van der Waals surface area contributed by atoms with Crippen molar-refractivity contribution in [2.75, 3.05) is 6.61 Å². The Morgan fingerprint density at radius 3 is 2.85 bits per heavy atom. The highest BCUT2D eigenvalue weighted by Crippen LogP contribution is 2.36. The second kappa shape index (κ2) is 7.65.